The average molecular weight is 407 g/mol. The van der Waals surface area contributed by atoms with Gasteiger partial charge in [0.15, 0.2) is 11.5 Å². The lowest BCUT2D eigenvalue weighted by atomic mass is 9.53. The van der Waals surface area contributed by atoms with E-state index in [0.717, 1.165) is 30.9 Å². The number of piperidine rings is 1. The number of hydrogen-bond acceptors (Lipinski definition) is 7. The molecule has 2 bridgehead atoms. The van der Waals surface area contributed by atoms with Gasteiger partial charge in [-0.25, -0.2) is 4.57 Å². The minimum atomic E-state index is -3.65. The predicted octanol–water partition coefficient (Wildman–Crippen LogP) is 2.93. The van der Waals surface area contributed by atoms with Gasteiger partial charge in [-0.3, -0.25) is 13.6 Å². The standard InChI is InChI=1S/C20H26NO6P/c1-21-10-9-20-13-6-8-16(27-28(22,24-3)25-4)19(20)26-18-15(23-2)7-5-12(17(18)20)11-14(13)21/h5-8,13-14,16,19H,9-11H2,1-4H3/t13-,14+,16-,19-,20-/m0/s1. The third-order valence-corrected chi connectivity index (χ3v) is 8.43. The maximum Gasteiger partial charge on any atom is 0.474 e. The number of likely N-dealkylation sites (tertiary alicyclic amines) is 1. The summed E-state index contributed by atoms with van der Waals surface area (Å²) in [6.45, 7) is 0.976. The first-order valence-electron chi connectivity index (χ1n) is 9.63. The Morgan fingerprint density at radius 2 is 2.00 bits per heavy atom. The van der Waals surface area contributed by atoms with Gasteiger partial charge in [-0.1, -0.05) is 18.2 Å². The summed E-state index contributed by atoms with van der Waals surface area (Å²) in [6, 6.07) is 4.55. The van der Waals surface area contributed by atoms with Crippen LogP contribution in [-0.4, -0.2) is 58.1 Å². The second-order valence-electron chi connectivity index (χ2n) is 8.01. The van der Waals surface area contributed by atoms with Gasteiger partial charge in [-0.2, -0.15) is 0 Å². The summed E-state index contributed by atoms with van der Waals surface area (Å²) in [6.07, 6.45) is 5.27. The largest absolute Gasteiger partial charge is 0.493 e. The first kappa shape index (κ1) is 18.6. The molecule has 1 aromatic carbocycles. The highest BCUT2D eigenvalue weighted by atomic mass is 31.2. The topological polar surface area (TPSA) is 66.5 Å². The second-order valence-corrected chi connectivity index (χ2v) is 9.84. The molecule has 2 heterocycles. The number of ether oxygens (including phenoxy) is 2. The minimum Gasteiger partial charge on any atom is -0.493 e. The normalized spacial score (nSPS) is 35.4. The molecule has 0 amide bonds. The molecule has 1 spiro atoms. The van der Waals surface area contributed by atoms with Crippen molar-refractivity contribution in [3.8, 4) is 11.5 Å². The van der Waals surface area contributed by atoms with Crippen LogP contribution >= 0.6 is 7.82 Å². The van der Waals surface area contributed by atoms with Gasteiger partial charge in [0.1, 0.15) is 12.2 Å². The summed E-state index contributed by atoms with van der Waals surface area (Å²) in [5, 5.41) is 0. The number of phosphoric ester groups is 1. The fraction of sp³-hybridized carbons (Fsp3) is 0.600. The molecule has 8 heteroatoms. The maximum absolute atomic E-state index is 12.7. The zero-order valence-electron chi connectivity index (χ0n) is 16.6. The van der Waals surface area contributed by atoms with Crippen molar-refractivity contribution in [2.75, 3.05) is 34.9 Å². The molecular weight excluding hydrogens is 381 g/mol. The fourth-order valence-corrected chi connectivity index (χ4v) is 6.57. The SMILES string of the molecule is COc1ccc2c3c1O[C@H]1[C@@H](OP(=O)(OC)OC)C=C[C@H]4[C@@H](C2)N(C)CC[C@@]341. The van der Waals surface area contributed by atoms with Crippen LogP contribution in [-0.2, 0) is 30.0 Å². The van der Waals surface area contributed by atoms with Crippen LogP contribution in [0, 0.1) is 5.92 Å². The zero-order chi connectivity index (χ0) is 19.7. The Morgan fingerprint density at radius 1 is 1.21 bits per heavy atom. The van der Waals surface area contributed by atoms with E-state index in [-0.39, 0.29) is 11.5 Å². The Bertz CT molecular complexity index is 880. The highest BCUT2D eigenvalue weighted by Crippen LogP contribution is 2.64. The Morgan fingerprint density at radius 3 is 2.71 bits per heavy atom. The smallest absolute Gasteiger partial charge is 0.474 e. The van der Waals surface area contributed by atoms with E-state index in [1.54, 1.807) is 7.11 Å². The van der Waals surface area contributed by atoms with E-state index < -0.39 is 13.9 Å². The van der Waals surface area contributed by atoms with Crippen LogP contribution in [0.5, 0.6) is 11.5 Å². The summed E-state index contributed by atoms with van der Waals surface area (Å²) in [5.74, 6) is 1.85. The van der Waals surface area contributed by atoms with Crippen molar-refractivity contribution < 1.29 is 27.6 Å². The first-order valence-corrected chi connectivity index (χ1v) is 11.1. The van der Waals surface area contributed by atoms with Crippen LogP contribution in [0.3, 0.4) is 0 Å². The molecule has 1 saturated heterocycles. The van der Waals surface area contributed by atoms with Gasteiger partial charge in [0.25, 0.3) is 0 Å². The third kappa shape index (κ3) is 2.28. The Labute approximate surface area is 165 Å². The predicted molar refractivity (Wildman–Crippen MR) is 103 cm³/mol. The molecule has 2 aliphatic carbocycles. The number of benzene rings is 1. The number of rotatable bonds is 5. The Hall–Kier alpha value is -1.37. The Balaban J connectivity index is 1.67. The molecule has 0 unspecified atom stereocenters. The van der Waals surface area contributed by atoms with Crippen LogP contribution in [0.2, 0.25) is 0 Å². The van der Waals surface area contributed by atoms with Gasteiger partial charge in [0.05, 0.1) is 7.11 Å². The first-order chi connectivity index (χ1) is 13.5. The van der Waals surface area contributed by atoms with Crippen LogP contribution in [0.15, 0.2) is 24.3 Å². The lowest BCUT2D eigenvalue weighted by Gasteiger charge is -2.56. The van der Waals surface area contributed by atoms with E-state index >= 15 is 0 Å². The molecule has 2 aliphatic heterocycles. The fourth-order valence-electron chi connectivity index (χ4n) is 5.77. The average Bonchev–Trinajstić information content (AvgIpc) is 3.07. The van der Waals surface area contributed by atoms with E-state index in [0.29, 0.717) is 12.0 Å². The number of nitrogens with zero attached hydrogens (tertiary/aromatic N) is 1. The van der Waals surface area contributed by atoms with Crippen molar-refractivity contribution in [3.63, 3.8) is 0 Å². The van der Waals surface area contributed by atoms with Crippen molar-refractivity contribution in [2.24, 2.45) is 5.92 Å². The van der Waals surface area contributed by atoms with Crippen molar-refractivity contribution in [3.05, 3.63) is 35.4 Å². The number of likely N-dealkylation sites (N-methyl/N-ethyl adjacent to an activating group) is 1. The minimum absolute atomic E-state index is 0.222. The summed E-state index contributed by atoms with van der Waals surface area (Å²) in [4.78, 5) is 2.44. The van der Waals surface area contributed by atoms with Crippen molar-refractivity contribution >= 4 is 7.82 Å². The molecule has 0 saturated carbocycles. The maximum atomic E-state index is 12.7. The molecule has 152 valence electrons. The van der Waals surface area contributed by atoms with Crippen LogP contribution in [0.1, 0.15) is 17.5 Å². The molecule has 0 radical (unpaired) electrons. The highest BCUT2D eigenvalue weighted by Gasteiger charge is 2.65. The lowest BCUT2D eigenvalue weighted by molar-refractivity contribution is -0.0462. The molecule has 7 nitrogen and oxygen atoms in total. The van der Waals surface area contributed by atoms with E-state index in [1.165, 1.54) is 25.3 Å². The second kappa shape index (κ2) is 6.31. The van der Waals surface area contributed by atoms with Gasteiger partial charge in [-0.15, -0.1) is 0 Å². The summed E-state index contributed by atoms with van der Waals surface area (Å²) < 4.78 is 40.8. The van der Waals surface area contributed by atoms with E-state index in [1.807, 2.05) is 12.1 Å². The van der Waals surface area contributed by atoms with E-state index in [9.17, 15) is 4.57 Å². The van der Waals surface area contributed by atoms with Gasteiger partial charge < -0.3 is 14.4 Å². The summed E-state index contributed by atoms with van der Waals surface area (Å²) >= 11 is 0. The molecule has 1 fully saturated rings. The number of hydrogen-bond donors (Lipinski definition) is 0. The van der Waals surface area contributed by atoms with Gasteiger partial charge in [0.2, 0.25) is 0 Å². The highest BCUT2D eigenvalue weighted by molar-refractivity contribution is 7.48. The molecule has 4 aliphatic rings. The molecule has 1 aromatic rings. The van der Waals surface area contributed by atoms with E-state index in [2.05, 4.69) is 24.1 Å². The monoisotopic (exact) mass is 407 g/mol. The lowest BCUT2D eigenvalue weighted by Crippen LogP contribution is -2.65. The molecule has 0 N–H and O–H groups in total. The van der Waals surface area contributed by atoms with Crippen LogP contribution in [0.25, 0.3) is 0 Å². The summed E-state index contributed by atoms with van der Waals surface area (Å²) in [7, 11) is 2.86. The molecular formula is C20H26NO6P. The third-order valence-electron chi connectivity index (χ3n) is 7.03. The number of phosphoric acid groups is 1. The summed E-state index contributed by atoms with van der Waals surface area (Å²) in [5.41, 5.74) is 2.33. The van der Waals surface area contributed by atoms with Crippen molar-refractivity contribution in [1.82, 2.24) is 4.90 Å². The molecule has 5 atom stereocenters. The molecule has 0 aromatic heterocycles. The quantitative estimate of drug-likeness (QED) is 0.549. The van der Waals surface area contributed by atoms with Gasteiger partial charge in [0, 0.05) is 37.2 Å². The molecule has 5 rings (SSSR count). The van der Waals surface area contributed by atoms with Gasteiger partial charge in [-0.05, 0) is 38.1 Å². The molecule has 28 heavy (non-hydrogen) atoms. The van der Waals surface area contributed by atoms with Gasteiger partial charge >= 0.3 is 7.82 Å². The van der Waals surface area contributed by atoms with Crippen LogP contribution < -0.4 is 9.47 Å². The zero-order valence-corrected chi connectivity index (χ0v) is 17.5. The van der Waals surface area contributed by atoms with Crippen molar-refractivity contribution in [2.45, 2.75) is 36.5 Å². The van der Waals surface area contributed by atoms with E-state index in [4.69, 9.17) is 23.0 Å². The van der Waals surface area contributed by atoms with Crippen LogP contribution in [0.4, 0.5) is 0 Å². The number of methoxy groups -OCH3 is 1. The van der Waals surface area contributed by atoms with Crippen molar-refractivity contribution in [1.29, 1.82) is 0 Å². The Kier molecular flexibility index (Phi) is 4.20.